The lowest BCUT2D eigenvalue weighted by Gasteiger charge is -2.31. The van der Waals surface area contributed by atoms with Gasteiger partial charge in [0.15, 0.2) is 12.4 Å². The van der Waals surface area contributed by atoms with Crippen molar-refractivity contribution in [3.8, 4) is 0 Å². The number of carbonyl (C=O) groups excluding carboxylic acids is 2. The summed E-state index contributed by atoms with van der Waals surface area (Å²) >= 11 is 0. The summed E-state index contributed by atoms with van der Waals surface area (Å²) in [4.78, 5) is 26.7. The molecule has 1 aliphatic heterocycles. The highest BCUT2D eigenvalue weighted by Gasteiger charge is 2.29. The summed E-state index contributed by atoms with van der Waals surface area (Å²) in [7, 11) is 0. The maximum Gasteiger partial charge on any atom is 0.309 e. The number of likely N-dealkylation sites (tertiary alicyclic amines) is 1. The number of ether oxygens (including phenoxy) is 1. The van der Waals surface area contributed by atoms with Gasteiger partial charge in [0, 0.05) is 18.7 Å². The standard InChI is InChI=1S/C22H22FN5O3/c23-19-8-6-17(7-9-19)21(29)27-12-10-18(11-13-27)22(30)31-15-20-24-25-26-28(20)14-16-4-2-1-3-5-16/h1-9,18H,10-15H2. The number of piperidine rings is 1. The number of nitrogens with zero attached hydrogens (tertiary/aromatic N) is 5. The Kier molecular flexibility index (Phi) is 6.30. The predicted molar refractivity (Wildman–Crippen MR) is 108 cm³/mol. The van der Waals surface area contributed by atoms with Gasteiger partial charge in [-0.2, -0.15) is 0 Å². The first-order valence-electron chi connectivity index (χ1n) is 10.1. The van der Waals surface area contributed by atoms with Crippen LogP contribution in [0.4, 0.5) is 4.39 Å². The fourth-order valence-corrected chi connectivity index (χ4v) is 3.55. The Balaban J connectivity index is 1.27. The highest BCUT2D eigenvalue weighted by Crippen LogP contribution is 2.21. The number of tetrazole rings is 1. The van der Waals surface area contributed by atoms with Gasteiger partial charge < -0.3 is 9.64 Å². The third-order valence-electron chi connectivity index (χ3n) is 5.33. The molecule has 1 aromatic heterocycles. The largest absolute Gasteiger partial charge is 0.457 e. The molecule has 9 heteroatoms. The Morgan fingerprint density at radius 3 is 2.45 bits per heavy atom. The van der Waals surface area contributed by atoms with Crippen LogP contribution in [0.2, 0.25) is 0 Å². The van der Waals surface area contributed by atoms with Crippen molar-refractivity contribution in [2.45, 2.75) is 26.0 Å². The molecule has 160 valence electrons. The van der Waals surface area contributed by atoms with Crippen molar-refractivity contribution >= 4 is 11.9 Å². The number of amides is 1. The van der Waals surface area contributed by atoms with Crippen molar-refractivity contribution in [3.05, 3.63) is 77.4 Å². The average molecular weight is 423 g/mol. The van der Waals surface area contributed by atoms with E-state index in [1.165, 1.54) is 24.3 Å². The highest BCUT2D eigenvalue weighted by molar-refractivity contribution is 5.94. The Labute approximate surface area is 178 Å². The summed E-state index contributed by atoms with van der Waals surface area (Å²) in [6.07, 6.45) is 1.03. The van der Waals surface area contributed by atoms with Gasteiger partial charge in [0.25, 0.3) is 5.91 Å². The minimum Gasteiger partial charge on any atom is -0.457 e. The second-order valence-corrected chi connectivity index (χ2v) is 7.42. The van der Waals surface area contributed by atoms with Crippen molar-refractivity contribution in [2.24, 2.45) is 5.92 Å². The number of aromatic nitrogens is 4. The molecule has 0 spiro atoms. The Hall–Kier alpha value is -3.62. The van der Waals surface area contributed by atoms with Crippen molar-refractivity contribution < 1.29 is 18.7 Å². The minimum absolute atomic E-state index is 0.00656. The van der Waals surface area contributed by atoms with E-state index in [0.29, 0.717) is 43.9 Å². The van der Waals surface area contributed by atoms with Crippen LogP contribution in [0.25, 0.3) is 0 Å². The monoisotopic (exact) mass is 423 g/mol. The Bertz CT molecular complexity index is 1030. The van der Waals surface area contributed by atoms with Gasteiger partial charge in [-0.15, -0.1) is 5.10 Å². The lowest BCUT2D eigenvalue weighted by Crippen LogP contribution is -2.40. The van der Waals surface area contributed by atoms with Gasteiger partial charge in [-0.05, 0) is 53.1 Å². The molecule has 0 atom stereocenters. The van der Waals surface area contributed by atoms with Crippen molar-refractivity contribution in [1.82, 2.24) is 25.1 Å². The number of carbonyl (C=O) groups is 2. The van der Waals surface area contributed by atoms with Crippen LogP contribution in [-0.4, -0.2) is 50.1 Å². The van der Waals surface area contributed by atoms with E-state index in [0.717, 1.165) is 5.56 Å². The first-order valence-corrected chi connectivity index (χ1v) is 10.1. The van der Waals surface area contributed by atoms with Crippen LogP contribution >= 0.6 is 0 Å². The molecule has 1 aliphatic rings. The lowest BCUT2D eigenvalue weighted by molar-refractivity contribution is -0.151. The zero-order valence-electron chi connectivity index (χ0n) is 16.9. The van der Waals surface area contributed by atoms with E-state index in [2.05, 4.69) is 15.5 Å². The molecule has 8 nitrogen and oxygen atoms in total. The van der Waals surface area contributed by atoms with E-state index in [-0.39, 0.29) is 30.2 Å². The molecule has 0 unspecified atom stereocenters. The van der Waals surface area contributed by atoms with Crippen LogP contribution in [0.3, 0.4) is 0 Å². The van der Waals surface area contributed by atoms with Gasteiger partial charge in [-0.1, -0.05) is 30.3 Å². The molecule has 4 rings (SSSR count). The first-order chi connectivity index (χ1) is 15.1. The van der Waals surface area contributed by atoms with Crippen LogP contribution in [0.1, 0.15) is 34.6 Å². The number of esters is 1. The molecule has 0 saturated carbocycles. The van der Waals surface area contributed by atoms with E-state index in [1.807, 2.05) is 30.3 Å². The zero-order valence-corrected chi connectivity index (χ0v) is 16.9. The maximum absolute atomic E-state index is 13.1. The van der Waals surface area contributed by atoms with E-state index in [9.17, 15) is 14.0 Å². The zero-order chi connectivity index (χ0) is 21.6. The summed E-state index contributed by atoms with van der Waals surface area (Å²) in [6.45, 7) is 1.38. The molecular weight excluding hydrogens is 401 g/mol. The maximum atomic E-state index is 13.1. The molecule has 1 fully saturated rings. The first kappa shape index (κ1) is 20.6. The summed E-state index contributed by atoms with van der Waals surface area (Å²) in [5, 5.41) is 11.6. The van der Waals surface area contributed by atoms with Gasteiger partial charge in [-0.25, -0.2) is 9.07 Å². The van der Waals surface area contributed by atoms with Gasteiger partial charge >= 0.3 is 5.97 Å². The highest BCUT2D eigenvalue weighted by atomic mass is 19.1. The molecule has 31 heavy (non-hydrogen) atoms. The third kappa shape index (κ3) is 5.11. The molecule has 1 amide bonds. The molecular formula is C22H22FN5O3. The number of halogens is 1. The van der Waals surface area contributed by atoms with Crippen LogP contribution < -0.4 is 0 Å². The summed E-state index contributed by atoms with van der Waals surface area (Å²) in [5.41, 5.74) is 1.48. The number of benzene rings is 2. The fourth-order valence-electron chi connectivity index (χ4n) is 3.55. The minimum atomic E-state index is -0.382. The molecule has 0 bridgehead atoms. The van der Waals surface area contributed by atoms with E-state index >= 15 is 0 Å². The second-order valence-electron chi connectivity index (χ2n) is 7.42. The van der Waals surface area contributed by atoms with Crippen LogP contribution in [0.5, 0.6) is 0 Å². The van der Waals surface area contributed by atoms with E-state index in [1.54, 1.807) is 9.58 Å². The van der Waals surface area contributed by atoms with Crippen LogP contribution in [-0.2, 0) is 22.7 Å². The Morgan fingerprint density at radius 2 is 1.74 bits per heavy atom. The molecule has 0 aliphatic carbocycles. The van der Waals surface area contributed by atoms with Gasteiger partial charge in [0.1, 0.15) is 5.82 Å². The normalized spacial score (nSPS) is 14.4. The van der Waals surface area contributed by atoms with Crippen LogP contribution in [0.15, 0.2) is 54.6 Å². The van der Waals surface area contributed by atoms with Gasteiger partial charge in [-0.3, -0.25) is 9.59 Å². The third-order valence-corrected chi connectivity index (χ3v) is 5.33. The molecule has 2 aromatic carbocycles. The van der Waals surface area contributed by atoms with Gasteiger partial charge in [0.05, 0.1) is 12.5 Å². The predicted octanol–water partition coefficient (Wildman–Crippen LogP) is 2.46. The molecule has 2 heterocycles. The quantitative estimate of drug-likeness (QED) is 0.566. The number of rotatable bonds is 6. The second kappa shape index (κ2) is 9.46. The lowest BCUT2D eigenvalue weighted by atomic mass is 9.96. The SMILES string of the molecule is O=C(OCc1nnnn1Cc1ccccc1)C1CCN(C(=O)c2ccc(F)cc2)CC1. The summed E-state index contributed by atoms with van der Waals surface area (Å²) in [6, 6.07) is 15.2. The number of hydrogen-bond acceptors (Lipinski definition) is 6. The van der Waals surface area contributed by atoms with Gasteiger partial charge in [0.2, 0.25) is 0 Å². The molecule has 1 saturated heterocycles. The molecule has 3 aromatic rings. The topological polar surface area (TPSA) is 90.2 Å². The average Bonchev–Trinajstić information content (AvgIpc) is 3.25. The van der Waals surface area contributed by atoms with Crippen molar-refractivity contribution in [3.63, 3.8) is 0 Å². The summed E-state index contributed by atoms with van der Waals surface area (Å²) < 4.78 is 20.1. The molecule has 0 radical (unpaired) electrons. The number of hydrogen-bond donors (Lipinski definition) is 0. The van der Waals surface area contributed by atoms with Crippen molar-refractivity contribution in [1.29, 1.82) is 0 Å². The Morgan fingerprint density at radius 1 is 1.03 bits per heavy atom. The van der Waals surface area contributed by atoms with Crippen molar-refractivity contribution in [2.75, 3.05) is 13.1 Å². The molecule has 0 N–H and O–H groups in total. The smallest absolute Gasteiger partial charge is 0.309 e. The van der Waals surface area contributed by atoms with Crippen LogP contribution in [0, 0.1) is 11.7 Å². The van der Waals surface area contributed by atoms with E-state index in [4.69, 9.17) is 4.74 Å². The summed E-state index contributed by atoms with van der Waals surface area (Å²) in [5.74, 6) is -0.667. The fraction of sp³-hybridized carbons (Fsp3) is 0.318. The van der Waals surface area contributed by atoms with E-state index < -0.39 is 0 Å².